The lowest BCUT2D eigenvalue weighted by atomic mass is 10.1. The van der Waals surface area contributed by atoms with Crippen molar-refractivity contribution in [2.45, 2.75) is 12.7 Å². The van der Waals surface area contributed by atoms with Crippen molar-refractivity contribution in [1.29, 1.82) is 0 Å². The summed E-state index contributed by atoms with van der Waals surface area (Å²) in [6, 6.07) is 4.29. The molecular formula is C11H11F3N2O. The first-order chi connectivity index (χ1) is 8.07. The summed E-state index contributed by atoms with van der Waals surface area (Å²) in [7, 11) is 0. The molecule has 1 aromatic carbocycles. The van der Waals surface area contributed by atoms with Crippen LogP contribution in [-0.2, 0) is 17.5 Å². The fourth-order valence-corrected chi connectivity index (χ4v) is 2.34. The minimum atomic E-state index is -4.29. The van der Waals surface area contributed by atoms with Crippen LogP contribution in [0.15, 0.2) is 18.2 Å². The number of ether oxygens (including phenoxy) is 1. The molecule has 0 aliphatic carbocycles. The Morgan fingerprint density at radius 3 is 2.82 bits per heavy atom. The van der Waals surface area contributed by atoms with E-state index >= 15 is 0 Å². The van der Waals surface area contributed by atoms with Crippen LogP contribution in [0.2, 0.25) is 0 Å². The van der Waals surface area contributed by atoms with E-state index in [2.05, 4.69) is 0 Å². The average molecular weight is 244 g/mol. The van der Waals surface area contributed by atoms with E-state index in [4.69, 9.17) is 4.74 Å². The van der Waals surface area contributed by atoms with Gasteiger partial charge in [0, 0.05) is 18.7 Å². The topological polar surface area (TPSA) is 15.7 Å². The molecule has 0 unspecified atom stereocenters. The SMILES string of the molecule is FC(F)(F)c1cccc2c1CN1CCOCN21. The van der Waals surface area contributed by atoms with Crippen molar-refractivity contribution in [3.8, 4) is 0 Å². The standard InChI is InChI=1S/C11H11F3N2O/c12-11(13,14)9-2-1-3-10-8(9)6-15-4-5-17-7-16(10)15/h1-3H,4-7H2. The van der Waals surface area contributed by atoms with Crippen LogP contribution in [-0.4, -0.2) is 24.9 Å². The molecule has 3 nitrogen and oxygen atoms in total. The van der Waals surface area contributed by atoms with Gasteiger partial charge >= 0.3 is 6.18 Å². The second-order valence-electron chi connectivity index (χ2n) is 4.13. The van der Waals surface area contributed by atoms with Gasteiger partial charge in [-0.3, -0.25) is 5.01 Å². The van der Waals surface area contributed by atoms with E-state index in [1.807, 2.05) is 5.01 Å². The Kier molecular flexibility index (Phi) is 2.31. The Hall–Kier alpha value is -1.27. The number of rotatable bonds is 0. The number of hydrogen-bond donors (Lipinski definition) is 0. The van der Waals surface area contributed by atoms with Crippen molar-refractivity contribution in [2.24, 2.45) is 0 Å². The van der Waals surface area contributed by atoms with Gasteiger partial charge in [-0.1, -0.05) is 6.07 Å². The van der Waals surface area contributed by atoms with Crippen LogP contribution in [0.1, 0.15) is 11.1 Å². The first kappa shape index (κ1) is 10.9. The normalized spacial score (nSPS) is 20.3. The van der Waals surface area contributed by atoms with Gasteiger partial charge < -0.3 is 4.74 Å². The lowest BCUT2D eigenvalue weighted by molar-refractivity contribution is -0.138. The fraction of sp³-hybridized carbons (Fsp3) is 0.455. The second kappa shape index (κ2) is 3.61. The molecule has 0 N–H and O–H groups in total. The summed E-state index contributed by atoms with van der Waals surface area (Å²) in [5.74, 6) is 0. The van der Waals surface area contributed by atoms with Gasteiger partial charge in [0.2, 0.25) is 0 Å². The van der Waals surface area contributed by atoms with E-state index in [1.54, 1.807) is 11.1 Å². The van der Waals surface area contributed by atoms with Crippen LogP contribution in [0, 0.1) is 0 Å². The molecule has 1 aromatic rings. The number of nitrogens with zero attached hydrogens (tertiary/aromatic N) is 2. The Morgan fingerprint density at radius 1 is 1.24 bits per heavy atom. The summed E-state index contributed by atoms with van der Waals surface area (Å²) in [4.78, 5) is 0. The van der Waals surface area contributed by atoms with E-state index in [1.165, 1.54) is 6.07 Å². The summed E-state index contributed by atoms with van der Waals surface area (Å²) in [6.07, 6.45) is -4.29. The van der Waals surface area contributed by atoms with Crippen LogP contribution in [0.3, 0.4) is 0 Å². The van der Waals surface area contributed by atoms with E-state index in [9.17, 15) is 13.2 Å². The summed E-state index contributed by atoms with van der Waals surface area (Å²) in [6.45, 7) is 1.83. The van der Waals surface area contributed by atoms with Gasteiger partial charge in [0.15, 0.2) is 0 Å². The van der Waals surface area contributed by atoms with Crippen LogP contribution < -0.4 is 5.01 Å². The third kappa shape index (κ3) is 1.68. The quantitative estimate of drug-likeness (QED) is 0.696. The van der Waals surface area contributed by atoms with Gasteiger partial charge in [-0.05, 0) is 12.1 Å². The average Bonchev–Trinajstić information content (AvgIpc) is 2.65. The minimum absolute atomic E-state index is 0.314. The number of hydrogen-bond acceptors (Lipinski definition) is 3. The molecule has 1 saturated heterocycles. The molecule has 2 aliphatic heterocycles. The summed E-state index contributed by atoms with van der Waals surface area (Å²) in [5.41, 5.74) is 0.425. The molecule has 0 saturated carbocycles. The maximum absolute atomic E-state index is 12.9. The maximum Gasteiger partial charge on any atom is 0.416 e. The zero-order chi connectivity index (χ0) is 12.0. The lowest BCUT2D eigenvalue weighted by Gasteiger charge is -2.34. The molecule has 0 bridgehead atoms. The molecule has 1 fully saturated rings. The Bertz CT molecular complexity index is 447. The molecule has 0 spiro atoms. The smallest absolute Gasteiger partial charge is 0.358 e. The lowest BCUT2D eigenvalue weighted by Crippen LogP contribution is -2.45. The van der Waals surface area contributed by atoms with Gasteiger partial charge in [-0.25, -0.2) is 5.01 Å². The number of benzene rings is 1. The minimum Gasteiger partial charge on any atom is -0.358 e. The molecule has 2 heterocycles. The molecule has 92 valence electrons. The number of halogens is 3. The number of fused-ring (bicyclic) bond motifs is 3. The first-order valence-corrected chi connectivity index (χ1v) is 5.36. The Morgan fingerprint density at radius 2 is 2.06 bits per heavy atom. The highest BCUT2D eigenvalue weighted by atomic mass is 19.4. The van der Waals surface area contributed by atoms with Crippen molar-refractivity contribution in [1.82, 2.24) is 5.01 Å². The second-order valence-corrected chi connectivity index (χ2v) is 4.13. The largest absolute Gasteiger partial charge is 0.416 e. The summed E-state index contributed by atoms with van der Waals surface area (Å²) in [5, 5.41) is 3.66. The zero-order valence-corrected chi connectivity index (χ0v) is 9.00. The van der Waals surface area contributed by atoms with Crippen LogP contribution in [0.25, 0.3) is 0 Å². The van der Waals surface area contributed by atoms with Gasteiger partial charge in [0.25, 0.3) is 0 Å². The molecule has 2 aliphatic rings. The van der Waals surface area contributed by atoms with Crippen molar-refractivity contribution < 1.29 is 17.9 Å². The monoisotopic (exact) mass is 244 g/mol. The highest BCUT2D eigenvalue weighted by Crippen LogP contribution is 2.41. The number of alkyl halides is 3. The van der Waals surface area contributed by atoms with Crippen molar-refractivity contribution >= 4 is 5.69 Å². The molecule has 6 heteroatoms. The van der Waals surface area contributed by atoms with Gasteiger partial charge in [0.05, 0.1) is 17.9 Å². The molecule has 17 heavy (non-hydrogen) atoms. The molecule has 0 atom stereocenters. The Labute approximate surface area is 96.3 Å². The van der Waals surface area contributed by atoms with Crippen molar-refractivity contribution in [2.75, 3.05) is 24.9 Å². The summed E-state index contributed by atoms with van der Waals surface area (Å²) < 4.78 is 43.8. The molecule has 0 radical (unpaired) electrons. The summed E-state index contributed by atoms with van der Waals surface area (Å²) >= 11 is 0. The molecule has 0 aromatic heterocycles. The molecule has 0 amide bonds. The zero-order valence-electron chi connectivity index (χ0n) is 9.00. The number of hydrazine groups is 1. The Balaban J connectivity index is 2.06. The third-order valence-corrected chi connectivity index (χ3v) is 3.12. The first-order valence-electron chi connectivity index (χ1n) is 5.36. The highest BCUT2D eigenvalue weighted by Gasteiger charge is 2.39. The predicted molar refractivity (Wildman–Crippen MR) is 55.2 cm³/mol. The highest BCUT2D eigenvalue weighted by molar-refractivity contribution is 5.59. The fourth-order valence-electron chi connectivity index (χ4n) is 2.34. The maximum atomic E-state index is 12.9. The van der Waals surface area contributed by atoms with Crippen molar-refractivity contribution in [3.63, 3.8) is 0 Å². The van der Waals surface area contributed by atoms with Gasteiger partial charge in [0.1, 0.15) is 6.73 Å². The van der Waals surface area contributed by atoms with E-state index in [0.29, 0.717) is 37.7 Å². The van der Waals surface area contributed by atoms with Crippen LogP contribution in [0.4, 0.5) is 18.9 Å². The number of anilines is 1. The molecular weight excluding hydrogens is 233 g/mol. The van der Waals surface area contributed by atoms with Crippen LogP contribution in [0.5, 0.6) is 0 Å². The van der Waals surface area contributed by atoms with E-state index in [-0.39, 0.29) is 0 Å². The predicted octanol–water partition coefficient (Wildman–Crippen LogP) is 2.23. The van der Waals surface area contributed by atoms with E-state index in [0.717, 1.165) is 6.07 Å². The van der Waals surface area contributed by atoms with Crippen molar-refractivity contribution in [3.05, 3.63) is 29.3 Å². The molecule has 3 rings (SSSR count). The van der Waals surface area contributed by atoms with Crippen LogP contribution >= 0.6 is 0 Å². The van der Waals surface area contributed by atoms with Gasteiger partial charge in [-0.15, -0.1) is 0 Å². The third-order valence-electron chi connectivity index (χ3n) is 3.12. The van der Waals surface area contributed by atoms with Gasteiger partial charge in [-0.2, -0.15) is 13.2 Å². The van der Waals surface area contributed by atoms with E-state index < -0.39 is 11.7 Å².